The number of hydrogen-bond donors (Lipinski definition) is 2. The minimum atomic E-state index is -3.43. The Morgan fingerprint density at radius 1 is 1.33 bits per heavy atom. The van der Waals surface area contributed by atoms with Crippen LogP contribution in [0.15, 0.2) is 18.2 Å². The summed E-state index contributed by atoms with van der Waals surface area (Å²) >= 11 is 0. The first-order valence-corrected chi connectivity index (χ1v) is 8.77. The van der Waals surface area contributed by atoms with Crippen molar-refractivity contribution in [1.82, 2.24) is 0 Å². The number of anilines is 2. The molecule has 0 unspecified atom stereocenters. The highest BCUT2D eigenvalue weighted by molar-refractivity contribution is 7.92. The third-order valence-electron chi connectivity index (χ3n) is 3.03. The molecular formula is C14H22N2O4S. The smallest absolute Gasteiger partial charge is 0.337 e. The van der Waals surface area contributed by atoms with Crippen LogP contribution >= 0.6 is 0 Å². The Morgan fingerprint density at radius 3 is 2.48 bits per heavy atom. The van der Waals surface area contributed by atoms with Gasteiger partial charge in [0, 0.05) is 18.8 Å². The van der Waals surface area contributed by atoms with Gasteiger partial charge >= 0.3 is 5.97 Å². The van der Waals surface area contributed by atoms with Crippen molar-refractivity contribution in [3.63, 3.8) is 0 Å². The van der Waals surface area contributed by atoms with Crippen molar-refractivity contribution in [3.8, 4) is 0 Å². The molecule has 7 heteroatoms. The van der Waals surface area contributed by atoms with E-state index in [2.05, 4.69) is 11.6 Å². The van der Waals surface area contributed by atoms with E-state index in [4.69, 9.17) is 0 Å². The van der Waals surface area contributed by atoms with E-state index in [9.17, 15) is 18.3 Å². The van der Waals surface area contributed by atoms with Crippen LogP contribution in [0.5, 0.6) is 0 Å². The molecule has 0 radical (unpaired) electrons. The van der Waals surface area contributed by atoms with Crippen LogP contribution in [0.3, 0.4) is 0 Å². The van der Waals surface area contributed by atoms with Crippen molar-refractivity contribution in [1.29, 1.82) is 0 Å². The lowest BCUT2D eigenvalue weighted by molar-refractivity contribution is 0.0697. The maximum atomic E-state index is 11.4. The summed E-state index contributed by atoms with van der Waals surface area (Å²) in [4.78, 5) is 13.4. The van der Waals surface area contributed by atoms with Gasteiger partial charge in [-0.25, -0.2) is 13.2 Å². The van der Waals surface area contributed by atoms with E-state index in [0.717, 1.165) is 25.6 Å². The number of carbonyl (C=O) groups is 1. The number of rotatable bonds is 8. The Hall–Kier alpha value is -1.76. The first kappa shape index (κ1) is 17.3. The van der Waals surface area contributed by atoms with Crippen LogP contribution < -0.4 is 9.62 Å². The second-order valence-corrected chi connectivity index (χ2v) is 6.59. The molecule has 1 rings (SSSR count). The highest BCUT2D eigenvalue weighted by atomic mass is 32.2. The van der Waals surface area contributed by atoms with Gasteiger partial charge in [-0.05, 0) is 31.5 Å². The number of nitrogens with zero attached hydrogens (tertiary/aromatic N) is 1. The number of nitrogens with one attached hydrogen (secondary N) is 1. The number of aromatic carboxylic acids is 1. The molecule has 0 spiro atoms. The molecule has 1 aromatic rings. The van der Waals surface area contributed by atoms with Gasteiger partial charge in [-0.3, -0.25) is 4.72 Å². The standard InChI is InChI=1S/C14H22N2O4S/c1-4-6-9-16(5-2)13-8-7-11(15-21(3,19)20)10-12(13)14(17)18/h7-8,10,15H,4-6,9H2,1-3H3,(H,17,18). The molecule has 118 valence electrons. The van der Waals surface area contributed by atoms with Gasteiger partial charge in [0.25, 0.3) is 0 Å². The van der Waals surface area contributed by atoms with Crippen molar-refractivity contribution in [2.75, 3.05) is 29.0 Å². The lowest BCUT2D eigenvalue weighted by Gasteiger charge is -2.25. The molecular weight excluding hydrogens is 292 g/mol. The van der Waals surface area contributed by atoms with E-state index >= 15 is 0 Å². The second-order valence-electron chi connectivity index (χ2n) is 4.84. The number of benzene rings is 1. The Kier molecular flexibility index (Phi) is 6.02. The largest absolute Gasteiger partial charge is 0.478 e. The summed E-state index contributed by atoms with van der Waals surface area (Å²) in [5, 5.41) is 9.35. The highest BCUT2D eigenvalue weighted by Gasteiger charge is 2.16. The van der Waals surface area contributed by atoms with Gasteiger partial charge in [-0.1, -0.05) is 13.3 Å². The molecule has 6 nitrogen and oxygen atoms in total. The summed E-state index contributed by atoms with van der Waals surface area (Å²) in [5.74, 6) is -1.07. The minimum absolute atomic E-state index is 0.0987. The average molecular weight is 314 g/mol. The predicted molar refractivity (Wildman–Crippen MR) is 84.7 cm³/mol. The lowest BCUT2D eigenvalue weighted by Crippen LogP contribution is -2.26. The molecule has 0 aliphatic heterocycles. The predicted octanol–water partition coefficient (Wildman–Crippen LogP) is 2.38. The quantitative estimate of drug-likeness (QED) is 0.769. The second kappa shape index (κ2) is 7.31. The van der Waals surface area contributed by atoms with Gasteiger partial charge < -0.3 is 10.0 Å². The average Bonchev–Trinajstić information content (AvgIpc) is 2.38. The Labute approximate surface area is 125 Å². The summed E-state index contributed by atoms with van der Waals surface area (Å²) in [5.41, 5.74) is 0.962. The van der Waals surface area contributed by atoms with Crippen LogP contribution in [0.25, 0.3) is 0 Å². The molecule has 0 amide bonds. The highest BCUT2D eigenvalue weighted by Crippen LogP contribution is 2.25. The fourth-order valence-corrected chi connectivity index (χ4v) is 2.61. The first-order chi connectivity index (χ1) is 9.78. The molecule has 2 N–H and O–H groups in total. The van der Waals surface area contributed by atoms with E-state index in [1.165, 1.54) is 6.07 Å². The minimum Gasteiger partial charge on any atom is -0.478 e. The maximum Gasteiger partial charge on any atom is 0.337 e. The Morgan fingerprint density at radius 2 is 2.00 bits per heavy atom. The van der Waals surface area contributed by atoms with Gasteiger partial charge in [-0.2, -0.15) is 0 Å². The van der Waals surface area contributed by atoms with Crippen LogP contribution in [0.2, 0.25) is 0 Å². The molecule has 0 saturated carbocycles. The maximum absolute atomic E-state index is 11.4. The van der Waals surface area contributed by atoms with Crippen LogP contribution in [-0.4, -0.2) is 38.8 Å². The zero-order valence-electron chi connectivity index (χ0n) is 12.6. The van der Waals surface area contributed by atoms with E-state index in [1.807, 2.05) is 11.8 Å². The number of sulfonamides is 1. The number of carboxylic acids is 1. The van der Waals surface area contributed by atoms with E-state index in [1.54, 1.807) is 12.1 Å². The number of unbranched alkanes of at least 4 members (excludes halogenated alkanes) is 1. The molecule has 0 fully saturated rings. The fourth-order valence-electron chi connectivity index (χ4n) is 2.06. The number of carboxylic acid groups (broad SMARTS) is 1. The summed E-state index contributed by atoms with van der Waals surface area (Å²) in [6.45, 7) is 5.50. The summed E-state index contributed by atoms with van der Waals surface area (Å²) in [6.07, 6.45) is 3.02. The van der Waals surface area contributed by atoms with Crippen LogP contribution in [0.4, 0.5) is 11.4 Å². The first-order valence-electron chi connectivity index (χ1n) is 6.88. The molecule has 0 aliphatic rings. The van der Waals surface area contributed by atoms with Crippen LogP contribution in [0, 0.1) is 0 Å². The van der Waals surface area contributed by atoms with E-state index < -0.39 is 16.0 Å². The third-order valence-corrected chi connectivity index (χ3v) is 3.64. The third kappa shape index (κ3) is 5.26. The van der Waals surface area contributed by atoms with Crippen molar-refractivity contribution >= 4 is 27.4 Å². The van der Waals surface area contributed by atoms with Gasteiger partial charge in [0.2, 0.25) is 10.0 Å². The zero-order chi connectivity index (χ0) is 16.0. The van der Waals surface area contributed by atoms with Crippen molar-refractivity contribution in [2.24, 2.45) is 0 Å². The molecule has 1 aromatic carbocycles. The van der Waals surface area contributed by atoms with E-state index in [-0.39, 0.29) is 11.3 Å². The molecule has 21 heavy (non-hydrogen) atoms. The number of hydrogen-bond acceptors (Lipinski definition) is 4. The van der Waals surface area contributed by atoms with Gasteiger partial charge in [0.15, 0.2) is 0 Å². The summed E-state index contributed by atoms with van der Waals surface area (Å²) in [6, 6.07) is 4.58. The van der Waals surface area contributed by atoms with Gasteiger partial charge in [0.05, 0.1) is 17.5 Å². The Balaban J connectivity index is 3.17. The monoisotopic (exact) mass is 314 g/mol. The summed E-state index contributed by atoms with van der Waals surface area (Å²) < 4.78 is 24.8. The molecule has 0 aliphatic carbocycles. The SMILES string of the molecule is CCCCN(CC)c1ccc(NS(C)(=O)=O)cc1C(=O)O. The normalized spacial score (nSPS) is 11.2. The van der Waals surface area contributed by atoms with Crippen molar-refractivity contribution in [2.45, 2.75) is 26.7 Å². The van der Waals surface area contributed by atoms with Crippen LogP contribution in [-0.2, 0) is 10.0 Å². The Bertz CT molecular complexity index is 599. The lowest BCUT2D eigenvalue weighted by atomic mass is 10.1. The summed E-state index contributed by atoms with van der Waals surface area (Å²) in [7, 11) is -3.43. The van der Waals surface area contributed by atoms with Crippen molar-refractivity contribution < 1.29 is 18.3 Å². The van der Waals surface area contributed by atoms with Crippen LogP contribution in [0.1, 0.15) is 37.0 Å². The van der Waals surface area contributed by atoms with Crippen molar-refractivity contribution in [3.05, 3.63) is 23.8 Å². The molecule has 0 bridgehead atoms. The molecule has 0 aromatic heterocycles. The van der Waals surface area contributed by atoms with Gasteiger partial charge in [-0.15, -0.1) is 0 Å². The molecule has 0 heterocycles. The van der Waals surface area contributed by atoms with E-state index in [0.29, 0.717) is 12.2 Å². The van der Waals surface area contributed by atoms with Gasteiger partial charge in [0.1, 0.15) is 0 Å². The topological polar surface area (TPSA) is 86.7 Å². The fraction of sp³-hybridized carbons (Fsp3) is 0.500. The molecule has 0 atom stereocenters. The molecule has 0 saturated heterocycles. The zero-order valence-corrected chi connectivity index (χ0v) is 13.4.